The van der Waals surface area contributed by atoms with Gasteiger partial charge in [0.05, 0.1) is 6.04 Å². The van der Waals surface area contributed by atoms with E-state index in [1.165, 1.54) is 12.8 Å². The maximum Gasteiger partial charge on any atom is 0.227 e. The summed E-state index contributed by atoms with van der Waals surface area (Å²) in [6.45, 7) is 1.91. The normalized spacial score (nSPS) is 21.0. The number of hydrogen-bond donors (Lipinski definition) is 0. The summed E-state index contributed by atoms with van der Waals surface area (Å²) in [7, 11) is 4.20. The Kier molecular flexibility index (Phi) is 6.64. The molecule has 24 heavy (non-hydrogen) atoms. The Morgan fingerprint density at radius 1 is 1.17 bits per heavy atom. The van der Waals surface area contributed by atoms with Gasteiger partial charge in [0.25, 0.3) is 0 Å². The van der Waals surface area contributed by atoms with E-state index in [4.69, 9.17) is 5.53 Å². The molecule has 1 aliphatic carbocycles. The fourth-order valence-corrected chi connectivity index (χ4v) is 3.59. The summed E-state index contributed by atoms with van der Waals surface area (Å²) < 4.78 is 0. The first-order valence-corrected chi connectivity index (χ1v) is 8.72. The van der Waals surface area contributed by atoms with E-state index < -0.39 is 0 Å². The molecule has 6 nitrogen and oxygen atoms in total. The van der Waals surface area contributed by atoms with E-state index in [0.29, 0.717) is 18.2 Å². The number of carbonyl (C=O) groups excluding carboxylic acids is 1. The molecule has 0 bridgehead atoms. The molecule has 2 rings (SSSR count). The largest absolute Gasteiger partial charge is 0.308 e. The van der Waals surface area contributed by atoms with Gasteiger partial charge in [-0.2, -0.15) is 0 Å². The van der Waals surface area contributed by atoms with Crippen molar-refractivity contribution in [2.24, 2.45) is 5.11 Å². The molecule has 130 valence electrons. The minimum absolute atomic E-state index is 0.144. The molecular weight excluding hydrogens is 302 g/mol. The van der Waals surface area contributed by atoms with Crippen LogP contribution < -0.4 is 4.90 Å². The van der Waals surface area contributed by atoms with Crippen molar-refractivity contribution in [2.45, 2.75) is 57.5 Å². The number of amides is 1. The molecule has 1 amide bonds. The van der Waals surface area contributed by atoms with Gasteiger partial charge in [-0.15, -0.1) is 0 Å². The van der Waals surface area contributed by atoms with Crippen LogP contribution in [0.4, 0.5) is 11.4 Å². The van der Waals surface area contributed by atoms with Crippen LogP contribution in [0, 0.1) is 0 Å². The van der Waals surface area contributed by atoms with E-state index in [1.54, 1.807) is 12.1 Å². The van der Waals surface area contributed by atoms with Crippen molar-refractivity contribution in [3.05, 3.63) is 34.7 Å². The summed E-state index contributed by atoms with van der Waals surface area (Å²) in [6.07, 6.45) is 6.21. The Morgan fingerprint density at radius 3 is 2.33 bits per heavy atom. The minimum atomic E-state index is 0.144. The van der Waals surface area contributed by atoms with Gasteiger partial charge in [0.2, 0.25) is 5.91 Å². The predicted octanol–water partition coefficient (Wildman–Crippen LogP) is 4.63. The number of anilines is 1. The highest BCUT2D eigenvalue weighted by Gasteiger charge is 2.33. The van der Waals surface area contributed by atoms with Crippen molar-refractivity contribution >= 4 is 17.3 Å². The van der Waals surface area contributed by atoms with Crippen molar-refractivity contribution in [3.63, 3.8) is 0 Å². The van der Waals surface area contributed by atoms with Crippen LogP contribution in [0.3, 0.4) is 0 Å². The van der Waals surface area contributed by atoms with Crippen LogP contribution in [-0.4, -0.2) is 37.0 Å². The standard InChI is InChI=1S/C18H27N5O/c1-4-18(24)23(15-12-10-14(11-13-15)20-21-19)17-9-7-5-6-8-16(17)22(2)3/h10-13,16-17H,4-9H2,1-3H3. The van der Waals surface area contributed by atoms with Gasteiger partial charge in [0.15, 0.2) is 0 Å². The van der Waals surface area contributed by atoms with Crippen LogP contribution in [-0.2, 0) is 4.79 Å². The Hall–Kier alpha value is -2.04. The monoisotopic (exact) mass is 329 g/mol. The van der Waals surface area contributed by atoms with Gasteiger partial charge in [-0.05, 0) is 44.6 Å². The Bertz CT molecular complexity index is 592. The topological polar surface area (TPSA) is 72.3 Å². The molecule has 0 saturated heterocycles. The van der Waals surface area contributed by atoms with Crippen molar-refractivity contribution in [1.29, 1.82) is 0 Å². The van der Waals surface area contributed by atoms with Crippen molar-refractivity contribution in [3.8, 4) is 0 Å². The van der Waals surface area contributed by atoms with Gasteiger partial charge in [-0.25, -0.2) is 0 Å². The molecule has 2 unspecified atom stereocenters. The van der Waals surface area contributed by atoms with Gasteiger partial charge in [0.1, 0.15) is 0 Å². The highest BCUT2D eigenvalue weighted by molar-refractivity contribution is 5.94. The van der Waals surface area contributed by atoms with E-state index >= 15 is 0 Å². The Labute approximate surface area is 144 Å². The maximum absolute atomic E-state index is 12.7. The maximum atomic E-state index is 12.7. The second kappa shape index (κ2) is 8.71. The molecule has 0 heterocycles. The number of carbonyl (C=O) groups is 1. The summed E-state index contributed by atoms with van der Waals surface area (Å²) in [6, 6.07) is 7.85. The van der Waals surface area contributed by atoms with Gasteiger partial charge in [-0.3, -0.25) is 4.79 Å². The molecular formula is C18H27N5O. The second-order valence-corrected chi connectivity index (χ2v) is 6.56. The average molecular weight is 329 g/mol. The molecule has 1 aromatic carbocycles. The van der Waals surface area contributed by atoms with Gasteiger partial charge >= 0.3 is 0 Å². The Morgan fingerprint density at radius 2 is 1.79 bits per heavy atom. The number of rotatable bonds is 5. The molecule has 2 atom stereocenters. The number of nitrogens with zero attached hydrogens (tertiary/aromatic N) is 5. The smallest absolute Gasteiger partial charge is 0.227 e. The Balaban J connectivity index is 2.38. The predicted molar refractivity (Wildman–Crippen MR) is 97.4 cm³/mol. The van der Waals surface area contributed by atoms with Crippen LogP contribution >= 0.6 is 0 Å². The van der Waals surface area contributed by atoms with Crippen LogP contribution in [0.5, 0.6) is 0 Å². The second-order valence-electron chi connectivity index (χ2n) is 6.56. The molecule has 1 saturated carbocycles. The molecule has 0 aliphatic heterocycles. The zero-order valence-electron chi connectivity index (χ0n) is 14.9. The first-order chi connectivity index (χ1) is 11.6. The summed E-state index contributed by atoms with van der Waals surface area (Å²) >= 11 is 0. The summed E-state index contributed by atoms with van der Waals surface area (Å²) in [5.41, 5.74) is 10.00. The molecule has 0 aromatic heterocycles. The van der Waals surface area contributed by atoms with Crippen molar-refractivity contribution < 1.29 is 4.79 Å². The zero-order valence-corrected chi connectivity index (χ0v) is 14.9. The quantitative estimate of drug-likeness (QED) is 0.342. The third-order valence-corrected chi connectivity index (χ3v) is 4.80. The highest BCUT2D eigenvalue weighted by Crippen LogP contribution is 2.30. The van der Waals surface area contributed by atoms with E-state index in [-0.39, 0.29) is 11.9 Å². The summed E-state index contributed by atoms with van der Waals surface area (Å²) in [5.74, 6) is 0.144. The van der Waals surface area contributed by atoms with Gasteiger partial charge in [-0.1, -0.05) is 43.4 Å². The van der Waals surface area contributed by atoms with Crippen LogP contribution in [0.1, 0.15) is 45.4 Å². The van der Waals surface area contributed by atoms with E-state index in [1.807, 2.05) is 24.0 Å². The molecule has 1 aromatic rings. The molecule has 1 aliphatic rings. The summed E-state index contributed by atoms with van der Waals surface area (Å²) in [5, 5.41) is 3.61. The van der Waals surface area contributed by atoms with Crippen LogP contribution in [0.2, 0.25) is 0 Å². The molecule has 0 radical (unpaired) electrons. The van der Waals surface area contributed by atoms with E-state index in [0.717, 1.165) is 24.9 Å². The van der Waals surface area contributed by atoms with Crippen molar-refractivity contribution in [2.75, 3.05) is 19.0 Å². The van der Waals surface area contributed by atoms with Gasteiger partial charge < -0.3 is 9.80 Å². The van der Waals surface area contributed by atoms with E-state index in [2.05, 4.69) is 29.0 Å². The number of hydrogen-bond acceptors (Lipinski definition) is 3. The van der Waals surface area contributed by atoms with Gasteiger partial charge in [0, 0.05) is 28.7 Å². The first kappa shape index (κ1) is 18.3. The van der Waals surface area contributed by atoms with Crippen LogP contribution in [0.15, 0.2) is 29.4 Å². The lowest BCUT2D eigenvalue weighted by Crippen LogP contribution is -2.51. The third kappa shape index (κ3) is 4.28. The molecule has 1 fully saturated rings. The lowest BCUT2D eigenvalue weighted by atomic mass is 9.98. The van der Waals surface area contributed by atoms with E-state index in [9.17, 15) is 4.79 Å². The number of azide groups is 1. The average Bonchev–Trinajstić information content (AvgIpc) is 2.83. The molecule has 0 spiro atoms. The highest BCUT2D eigenvalue weighted by atomic mass is 16.2. The minimum Gasteiger partial charge on any atom is -0.308 e. The summed E-state index contributed by atoms with van der Waals surface area (Å²) in [4.78, 5) is 19.8. The van der Waals surface area contributed by atoms with Crippen LogP contribution in [0.25, 0.3) is 10.4 Å². The zero-order chi connectivity index (χ0) is 17.5. The third-order valence-electron chi connectivity index (χ3n) is 4.80. The number of likely N-dealkylation sites (N-methyl/N-ethyl adjacent to an activating group) is 1. The SMILES string of the molecule is CCC(=O)N(c1ccc(N=[N+]=[N-])cc1)C1CCCCCC1N(C)C. The first-order valence-electron chi connectivity index (χ1n) is 8.72. The lowest BCUT2D eigenvalue weighted by molar-refractivity contribution is -0.119. The number of benzene rings is 1. The molecule has 0 N–H and O–H groups in total. The lowest BCUT2D eigenvalue weighted by Gasteiger charge is -2.39. The fraction of sp³-hybridized carbons (Fsp3) is 0.611. The fourth-order valence-electron chi connectivity index (χ4n) is 3.59. The van der Waals surface area contributed by atoms with Crippen molar-refractivity contribution in [1.82, 2.24) is 4.90 Å². The molecule has 6 heteroatoms.